The fourth-order valence-corrected chi connectivity index (χ4v) is 3.93. The first-order valence-corrected chi connectivity index (χ1v) is 9.76. The number of hydrogen-bond donors (Lipinski definition) is 0. The Hall–Kier alpha value is -2.98. The first-order valence-electron chi connectivity index (χ1n) is 8.32. The maximum atomic E-state index is 12.6. The van der Waals surface area contributed by atoms with E-state index < -0.39 is 10.0 Å². The molecule has 0 aliphatic rings. The standard InChI is InChI=1S/C22H17NO2S/c1-16-10-12-19(13-11-16)26(24,25)23-15-22-20-8-4-2-6-17(20)14-18-7-3-5-9-21(18)22/h2-15H,1H3/b23-15-. The average molecular weight is 359 g/mol. The molecule has 0 N–H and O–H groups in total. The van der Waals surface area contributed by atoms with Gasteiger partial charge < -0.3 is 0 Å². The maximum Gasteiger partial charge on any atom is 0.282 e. The van der Waals surface area contributed by atoms with Crippen molar-refractivity contribution in [3.8, 4) is 0 Å². The Morgan fingerprint density at radius 3 is 1.88 bits per heavy atom. The molecule has 3 nitrogen and oxygen atoms in total. The lowest BCUT2D eigenvalue weighted by atomic mass is 9.97. The summed E-state index contributed by atoms with van der Waals surface area (Å²) in [6.07, 6.45) is 1.47. The van der Waals surface area contributed by atoms with Crippen molar-refractivity contribution < 1.29 is 8.42 Å². The maximum absolute atomic E-state index is 12.6. The number of benzene rings is 4. The van der Waals surface area contributed by atoms with E-state index in [1.165, 1.54) is 6.21 Å². The summed E-state index contributed by atoms with van der Waals surface area (Å²) < 4.78 is 29.2. The minimum atomic E-state index is -3.74. The molecule has 0 radical (unpaired) electrons. The molecule has 0 aromatic heterocycles. The topological polar surface area (TPSA) is 46.5 Å². The van der Waals surface area contributed by atoms with Crippen LogP contribution >= 0.6 is 0 Å². The third kappa shape index (κ3) is 3.00. The van der Waals surface area contributed by atoms with E-state index in [1.807, 2.05) is 55.5 Å². The summed E-state index contributed by atoms with van der Waals surface area (Å²) in [6, 6.07) is 24.7. The van der Waals surface area contributed by atoms with Gasteiger partial charge in [-0.3, -0.25) is 0 Å². The summed E-state index contributed by atoms with van der Waals surface area (Å²) in [4.78, 5) is 0.198. The van der Waals surface area contributed by atoms with Crippen molar-refractivity contribution in [3.63, 3.8) is 0 Å². The van der Waals surface area contributed by atoms with Gasteiger partial charge in [0.05, 0.1) is 4.90 Å². The molecule has 4 rings (SSSR count). The lowest BCUT2D eigenvalue weighted by Crippen LogP contribution is -1.98. The molecule has 0 fully saturated rings. The van der Waals surface area contributed by atoms with Crippen LogP contribution in [0.5, 0.6) is 0 Å². The number of sulfonamides is 1. The van der Waals surface area contributed by atoms with Gasteiger partial charge in [-0.15, -0.1) is 0 Å². The summed E-state index contributed by atoms with van der Waals surface area (Å²) in [5, 5.41) is 4.07. The Bertz CT molecular complexity index is 1190. The molecule has 4 aromatic carbocycles. The predicted molar refractivity (Wildman–Crippen MR) is 107 cm³/mol. The second kappa shape index (κ2) is 6.39. The molecule has 0 spiro atoms. The first-order chi connectivity index (χ1) is 12.5. The quantitative estimate of drug-likeness (QED) is 0.377. The number of hydrogen-bond acceptors (Lipinski definition) is 2. The third-order valence-electron chi connectivity index (χ3n) is 4.45. The van der Waals surface area contributed by atoms with Crippen molar-refractivity contribution >= 4 is 37.8 Å². The second-order valence-electron chi connectivity index (χ2n) is 6.26. The van der Waals surface area contributed by atoms with Crippen LogP contribution in [-0.4, -0.2) is 14.6 Å². The molecular formula is C22H17NO2S. The van der Waals surface area contributed by atoms with Crippen LogP contribution in [-0.2, 0) is 10.0 Å². The van der Waals surface area contributed by atoms with Gasteiger partial charge in [0.25, 0.3) is 10.0 Å². The summed E-state index contributed by atoms with van der Waals surface area (Å²) in [5.74, 6) is 0. The normalized spacial score (nSPS) is 12.2. The molecule has 0 bridgehead atoms. The minimum absolute atomic E-state index is 0.198. The highest BCUT2D eigenvalue weighted by Crippen LogP contribution is 2.27. The minimum Gasteiger partial charge on any atom is -0.199 e. The zero-order chi connectivity index (χ0) is 18.1. The monoisotopic (exact) mass is 359 g/mol. The molecule has 0 atom stereocenters. The van der Waals surface area contributed by atoms with Gasteiger partial charge in [-0.2, -0.15) is 12.8 Å². The number of fused-ring (bicyclic) bond motifs is 2. The SMILES string of the molecule is Cc1ccc(S(=O)(=O)/N=C\c2c3ccccc3cc3ccccc23)cc1. The van der Waals surface area contributed by atoms with Crippen molar-refractivity contribution in [2.75, 3.05) is 0 Å². The van der Waals surface area contributed by atoms with E-state index in [1.54, 1.807) is 24.3 Å². The van der Waals surface area contributed by atoms with E-state index in [-0.39, 0.29) is 4.90 Å². The van der Waals surface area contributed by atoms with Crippen LogP contribution in [0.1, 0.15) is 11.1 Å². The summed E-state index contributed by atoms with van der Waals surface area (Å²) in [6.45, 7) is 1.92. The van der Waals surface area contributed by atoms with E-state index in [0.717, 1.165) is 32.7 Å². The van der Waals surface area contributed by atoms with Gasteiger partial charge >= 0.3 is 0 Å². The fraction of sp³-hybridized carbons (Fsp3) is 0.0455. The van der Waals surface area contributed by atoms with Crippen molar-refractivity contribution in [1.82, 2.24) is 0 Å². The fourth-order valence-electron chi connectivity index (χ4n) is 3.08. The highest BCUT2D eigenvalue weighted by Gasteiger charge is 2.12. The van der Waals surface area contributed by atoms with Crippen molar-refractivity contribution in [1.29, 1.82) is 0 Å². The molecule has 0 unspecified atom stereocenters. The molecule has 4 aromatic rings. The average Bonchev–Trinajstić information content (AvgIpc) is 2.65. The zero-order valence-electron chi connectivity index (χ0n) is 14.3. The molecule has 0 amide bonds. The lowest BCUT2D eigenvalue weighted by Gasteiger charge is -2.08. The predicted octanol–water partition coefficient (Wildman–Crippen LogP) is 5.11. The van der Waals surface area contributed by atoms with E-state index >= 15 is 0 Å². The molecule has 0 saturated carbocycles. The van der Waals surface area contributed by atoms with E-state index in [4.69, 9.17) is 0 Å². The smallest absolute Gasteiger partial charge is 0.199 e. The van der Waals surface area contributed by atoms with Crippen LogP contribution in [0.15, 0.2) is 88.2 Å². The zero-order valence-corrected chi connectivity index (χ0v) is 15.1. The summed E-state index contributed by atoms with van der Waals surface area (Å²) >= 11 is 0. The molecule has 4 heteroatoms. The van der Waals surface area contributed by atoms with Gasteiger partial charge in [-0.25, -0.2) is 0 Å². The van der Waals surface area contributed by atoms with E-state index in [9.17, 15) is 8.42 Å². The third-order valence-corrected chi connectivity index (χ3v) is 5.70. The van der Waals surface area contributed by atoms with Crippen LogP contribution in [0.2, 0.25) is 0 Å². The molecule has 0 saturated heterocycles. The molecule has 0 aliphatic carbocycles. The van der Waals surface area contributed by atoms with Gasteiger partial charge in [-0.05, 0) is 46.7 Å². The van der Waals surface area contributed by atoms with Crippen LogP contribution in [0.4, 0.5) is 0 Å². The van der Waals surface area contributed by atoms with E-state index in [2.05, 4.69) is 10.5 Å². The Kier molecular flexibility index (Phi) is 4.05. The molecule has 0 heterocycles. The van der Waals surface area contributed by atoms with Crippen LogP contribution in [0, 0.1) is 6.92 Å². The van der Waals surface area contributed by atoms with E-state index in [0.29, 0.717) is 0 Å². The van der Waals surface area contributed by atoms with Crippen molar-refractivity contribution in [3.05, 3.63) is 90.0 Å². The number of rotatable bonds is 3. The second-order valence-corrected chi connectivity index (χ2v) is 7.89. The van der Waals surface area contributed by atoms with Gasteiger partial charge in [0.15, 0.2) is 0 Å². The van der Waals surface area contributed by atoms with Crippen molar-refractivity contribution in [2.24, 2.45) is 4.40 Å². The Balaban J connectivity index is 1.90. The van der Waals surface area contributed by atoms with Gasteiger partial charge in [0.2, 0.25) is 0 Å². The highest BCUT2D eigenvalue weighted by atomic mass is 32.2. The van der Waals surface area contributed by atoms with Gasteiger partial charge in [-0.1, -0.05) is 66.2 Å². The van der Waals surface area contributed by atoms with Crippen LogP contribution in [0.25, 0.3) is 21.5 Å². The van der Waals surface area contributed by atoms with Crippen molar-refractivity contribution in [2.45, 2.75) is 11.8 Å². The largest absolute Gasteiger partial charge is 0.282 e. The number of nitrogens with zero attached hydrogens (tertiary/aromatic N) is 1. The Morgan fingerprint density at radius 1 is 0.769 bits per heavy atom. The summed E-state index contributed by atoms with van der Waals surface area (Å²) in [5.41, 5.74) is 1.82. The van der Waals surface area contributed by atoms with Crippen LogP contribution < -0.4 is 0 Å². The molecular weight excluding hydrogens is 342 g/mol. The van der Waals surface area contributed by atoms with Gasteiger partial charge in [0, 0.05) is 11.8 Å². The molecule has 0 aliphatic heterocycles. The summed E-state index contributed by atoms with van der Waals surface area (Å²) in [7, 11) is -3.74. The van der Waals surface area contributed by atoms with Gasteiger partial charge in [0.1, 0.15) is 0 Å². The number of aryl methyl sites for hydroxylation is 1. The molecule has 128 valence electrons. The molecule has 26 heavy (non-hydrogen) atoms. The first kappa shape index (κ1) is 16.5. The highest BCUT2D eigenvalue weighted by molar-refractivity contribution is 7.90. The Labute approximate surface area is 152 Å². The lowest BCUT2D eigenvalue weighted by molar-refractivity contribution is 0.598. The van der Waals surface area contributed by atoms with Crippen LogP contribution in [0.3, 0.4) is 0 Å². The Morgan fingerprint density at radius 2 is 1.31 bits per heavy atom.